The van der Waals surface area contributed by atoms with Crippen molar-refractivity contribution >= 4 is 33.4 Å². The molecule has 2 heterocycles. The van der Waals surface area contributed by atoms with Gasteiger partial charge in [-0.1, -0.05) is 0 Å². The molecule has 0 unspecified atom stereocenters. The van der Waals surface area contributed by atoms with Gasteiger partial charge in [-0.25, -0.2) is 14.4 Å². The fraction of sp³-hybridized carbons (Fsp3) is 0.111. The minimum Gasteiger partial charge on any atom is -0.351 e. The quantitative estimate of drug-likeness (QED) is 0.627. The van der Waals surface area contributed by atoms with Crippen LogP contribution in [0.25, 0.3) is 5.82 Å². The van der Waals surface area contributed by atoms with Gasteiger partial charge in [0.2, 0.25) is 5.91 Å². The Kier molecular flexibility index (Phi) is 5.92. The Labute approximate surface area is 162 Å². The zero-order chi connectivity index (χ0) is 19.2. The van der Waals surface area contributed by atoms with E-state index in [-0.39, 0.29) is 24.4 Å². The molecule has 0 aliphatic rings. The third kappa shape index (κ3) is 4.98. The summed E-state index contributed by atoms with van der Waals surface area (Å²) in [6, 6.07) is 7.31. The molecule has 0 bridgehead atoms. The molecule has 138 valence electrons. The van der Waals surface area contributed by atoms with E-state index >= 15 is 0 Å². The maximum absolute atomic E-state index is 13.2. The Morgan fingerprint density at radius 1 is 1.22 bits per heavy atom. The van der Waals surface area contributed by atoms with Gasteiger partial charge in [0.15, 0.2) is 0 Å². The Morgan fingerprint density at radius 2 is 2.07 bits per heavy atom. The zero-order valence-electron chi connectivity index (χ0n) is 14.0. The van der Waals surface area contributed by atoms with Crippen LogP contribution in [0.2, 0.25) is 0 Å². The third-order valence-electron chi connectivity index (χ3n) is 3.61. The number of aromatic nitrogens is 3. The van der Waals surface area contributed by atoms with Crippen molar-refractivity contribution in [3.8, 4) is 5.82 Å². The maximum atomic E-state index is 13.2. The lowest BCUT2D eigenvalue weighted by Crippen LogP contribution is -2.28. The van der Waals surface area contributed by atoms with Crippen LogP contribution in [0.15, 0.2) is 59.7 Å². The summed E-state index contributed by atoms with van der Waals surface area (Å²) in [5, 5.41) is 5.29. The molecule has 2 N–H and O–H groups in total. The number of rotatable bonds is 6. The van der Waals surface area contributed by atoms with Gasteiger partial charge in [0.25, 0.3) is 5.91 Å². The van der Waals surface area contributed by atoms with Gasteiger partial charge in [-0.15, -0.1) is 0 Å². The highest BCUT2D eigenvalue weighted by atomic mass is 79.9. The molecule has 9 heteroatoms. The van der Waals surface area contributed by atoms with Gasteiger partial charge in [-0.3, -0.25) is 14.2 Å². The molecule has 2 aromatic heterocycles. The van der Waals surface area contributed by atoms with Crippen LogP contribution < -0.4 is 10.6 Å². The predicted molar refractivity (Wildman–Crippen MR) is 101 cm³/mol. The fourth-order valence-corrected chi connectivity index (χ4v) is 2.71. The summed E-state index contributed by atoms with van der Waals surface area (Å²) in [6.45, 7) is 0.119. The molecule has 7 nitrogen and oxygen atoms in total. The third-order valence-corrected chi connectivity index (χ3v) is 4.30. The second-order valence-corrected chi connectivity index (χ2v) is 6.41. The number of nitrogens with one attached hydrogen (secondary N) is 2. The van der Waals surface area contributed by atoms with Gasteiger partial charge in [0.1, 0.15) is 18.0 Å². The second kappa shape index (κ2) is 8.54. The van der Waals surface area contributed by atoms with Gasteiger partial charge in [-0.2, -0.15) is 0 Å². The molecule has 0 fully saturated rings. The lowest BCUT2D eigenvalue weighted by Gasteiger charge is -2.08. The molecule has 0 radical (unpaired) electrons. The van der Waals surface area contributed by atoms with E-state index in [1.807, 2.05) is 0 Å². The maximum Gasteiger partial charge on any atom is 0.252 e. The van der Waals surface area contributed by atoms with Crippen molar-refractivity contribution in [2.24, 2.45) is 0 Å². The van der Waals surface area contributed by atoms with Crippen LogP contribution in [-0.4, -0.2) is 32.9 Å². The van der Waals surface area contributed by atoms with E-state index in [1.54, 1.807) is 35.4 Å². The van der Waals surface area contributed by atoms with E-state index in [1.165, 1.54) is 18.3 Å². The van der Waals surface area contributed by atoms with Crippen LogP contribution in [0.1, 0.15) is 16.8 Å². The molecule has 0 aliphatic heterocycles. The van der Waals surface area contributed by atoms with Crippen LogP contribution in [-0.2, 0) is 4.79 Å². The smallest absolute Gasteiger partial charge is 0.252 e. The van der Waals surface area contributed by atoms with Crippen molar-refractivity contribution in [1.82, 2.24) is 19.9 Å². The summed E-state index contributed by atoms with van der Waals surface area (Å²) in [5.74, 6) is -0.558. The monoisotopic (exact) mass is 431 g/mol. The SMILES string of the molecule is O=C(CCNC(=O)c1cc(F)ccc1Br)Nc1ccc(-n2ccnc2)nc1. The number of anilines is 1. The first kappa shape index (κ1) is 18.7. The number of amides is 2. The number of imidazole rings is 1. The lowest BCUT2D eigenvalue weighted by atomic mass is 10.2. The molecular formula is C18H15BrFN5O2. The first-order valence-electron chi connectivity index (χ1n) is 8.00. The average Bonchev–Trinajstić information content (AvgIpc) is 3.19. The molecule has 27 heavy (non-hydrogen) atoms. The van der Waals surface area contributed by atoms with Gasteiger partial charge in [0, 0.05) is 29.8 Å². The van der Waals surface area contributed by atoms with Gasteiger partial charge in [0.05, 0.1) is 17.4 Å². The molecule has 3 rings (SSSR count). The van der Waals surface area contributed by atoms with Crippen molar-refractivity contribution in [3.63, 3.8) is 0 Å². The summed E-state index contributed by atoms with van der Waals surface area (Å²) in [7, 11) is 0. The second-order valence-electron chi connectivity index (χ2n) is 5.55. The fourth-order valence-electron chi connectivity index (χ4n) is 2.29. The molecule has 0 atom stereocenters. The number of carbonyl (C=O) groups excluding carboxylic acids is 2. The number of pyridine rings is 1. The molecule has 0 spiro atoms. The highest BCUT2D eigenvalue weighted by Gasteiger charge is 2.11. The van der Waals surface area contributed by atoms with Crippen molar-refractivity contribution in [2.45, 2.75) is 6.42 Å². The summed E-state index contributed by atoms with van der Waals surface area (Å²) < 4.78 is 15.5. The van der Waals surface area contributed by atoms with Gasteiger partial charge in [-0.05, 0) is 46.3 Å². The minimum absolute atomic E-state index is 0.0714. The zero-order valence-corrected chi connectivity index (χ0v) is 15.6. The van der Waals surface area contributed by atoms with Crippen LogP contribution in [0.4, 0.5) is 10.1 Å². The molecule has 0 saturated heterocycles. The largest absolute Gasteiger partial charge is 0.351 e. The first-order valence-corrected chi connectivity index (χ1v) is 8.80. The first-order chi connectivity index (χ1) is 13.0. The highest BCUT2D eigenvalue weighted by molar-refractivity contribution is 9.10. The molecule has 0 aliphatic carbocycles. The van der Waals surface area contributed by atoms with Gasteiger partial charge >= 0.3 is 0 Å². The Morgan fingerprint density at radius 3 is 2.78 bits per heavy atom. The number of carbonyl (C=O) groups is 2. The number of hydrogen-bond donors (Lipinski definition) is 2. The van der Waals surface area contributed by atoms with E-state index in [9.17, 15) is 14.0 Å². The van der Waals surface area contributed by atoms with E-state index in [2.05, 4.69) is 36.5 Å². The molecule has 2 amide bonds. The molecule has 1 aromatic carbocycles. The summed E-state index contributed by atoms with van der Waals surface area (Å²) in [6.07, 6.45) is 6.64. The van der Waals surface area contributed by atoms with Crippen molar-refractivity contribution in [3.05, 3.63) is 71.1 Å². The predicted octanol–water partition coefficient (Wildman–Crippen LogP) is 2.93. The van der Waals surface area contributed by atoms with Crippen molar-refractivity contribution in [2.75, 3.05) is 11.9 Å². The summed E-state index contributed by atoms with van der Waals surface area (Å²) in [4.78, 5) is 32.2. The average molecular weight is 432 g/mol. The standard InChI is InChI=1S/C18H15BrFN5O2/c19-15-3-1-12(20)9-14(15)18(27)22-6-5-17(26)24-13-2-4-16(23-10-13)25-8-7-21-11-25/h1-4,7-11H,5-6H2,(H,22,27)(H,24,26). The number of nitrogens with zero attached hydrogens (tertiary/aromatic N) is 3. The van der Waals surface area contributed by atoms with Crippen LogP contribution in [0, 0.1) is 5.82 Å². The number of halogens is 2. The normalized spacial score (nSPS) is 10.4. The molecular weight excluding hydrogens is 417 g/mol. The van der Waals surface area contributed by atoms with Crippen molar-refractivity contribution < 1.29 is 14.0 Å². The highest BCUT2D eigenvalue weighted by Crippen LogP contribution is 2.17. The van der Waals surface area contributed by atoms with E-state index in [0.29, 0.717) is 16.0 Å². The lowest BCUT2D eigenvalue weighted by molar-refractivity contribution is -0.116. The Hall–Kier alpha value is -3.07. The topological polar surface area (TPSA) is 88.9 Å². The minimum atomic E-state index is -0.507. The number of benzene rings is 1. The van der Waals surface area contributed by atoms with Crippen molar-refractivity contribution in [1.29, 1.82) is 0 Å². The summed E-state index contributed by atoms with van der Waals surface area (Å²) >= 11 is 3.20. The van der Waals surface area contributed by atoms with E-state index in [4.69, 9.17) is 0 Å². The number of hydrogen-bond acceptors (Lipinski definition) is 4. The molecule has 0 saturated carbocycles. The Balaban J connectivity index is 1.48. The summed E-state index contributed by atoms with van der Waals surface area (Å²) in [5.41, 5.74) is 0.720. The van der Waals surface area contributed by atoms with E-state index < -0.39 is 11.7 Å². The van der Waals surface area contributed by atoms with Crippen LogP contribution in [0.3, 0.4) is 0 Å². The van der Waals surface area contributed by atoms with Gasteiger partial charge < -0.3 is 10.6 Å². The van der Waals surface area contributed by atoms with E-state index in [0.717, 1.165) is 6.07 Å². The van der Waals surface area contributed by atoms with Crippen LogP contribution in [0.5, 0.6) is 0 Å². The van der Waals surface area contributed by atoms with Crippen LogP contribution >= 0.6 is 15.9 Å². The Bertz CT molecular complexity index is 945. The molecule has 3 aromatic rings.